The molecule has 0 saturated heterocycles. The van der Waals surface area contributed by atoms with Gasteiger partial charge in [0.15, 0.2) is 6.10 Å². The fourth-order valence-electron chi connectivity index (χ4n) is 6.77. The maximum Gasteiger partial charge on any atom is 0.306 e. The average molecular weight is 775 g/mol. The van der Waals surface area contributed by atoms with Gasteiger partial charge in [0.2, 0.25) is 0 Å². The first-order valence-electron chi connectivity index (χ1n) is 23.8. The smallest absolute Gasteiger partial charge is 0.306 e. The molecule has 1 atom stereocenters. The van der Waals surface area contributed by atoms with Crippen molar-refractivity contribution in [3.05, 3.63) is 24.3 Å². The Morgan fingerprint density at radius 3 is 0.964 bits per heavy atom. The van der Waals surface area contributed by atoms with E-state index in [-0.39, 0.29) is 31.1 Å². The lowest BCUT2D eigenvalue weighted by atomic mass is 10.1. The van der Waals surface area contributed by atoms with Crippen LogP contribution in [0.4, 0.5) is 0 Å². The summed E-state index contributed by atoms with van der Waals surface area (Å²) in [5.41, 5.74) is 0. The number of unbranched alkanes of at least 4 members (excludes halogenated alkanes) is 28. The first kappa shape index (κ1) is 52.9. The average Bonchev–Trinajstić information content (AvgIpc) is 3.18. The topological polar surface area (TPSA) is 78.9 Å². The molecule has 0 spiro atoms. The van der Waals surface area contributed by atoms with Crippen LogP contribution in [-0.2, 0) is 28.6 Å². The van der Waals surface area contributed by atoms with E-state index in [2.05, 4.69) is 45.1 Å². The summed E-state index contributed by atoms with van der Waals surface area (Å²) in [6.07, 6.45) is 48.7. The number of ether oxygens (including phenoxy) is 3. The molecule has 0 fully saturated rings. The second kappa shape index (κ2) is 44.6. The molecule has 6 heteroatoms. The molecule has 0 saturated carbocycles. The molecule has 0 aromatic carbocycles. The summed E-state index contributed by atoms with van der Waals surface area (Å²) in [6.45, 7) is 6.57. The van der Waals surface area contributed by atoms with Crippen molar-refractivity contribution in [1.82, 2.24) is 0 Å². The third-order valence-electron chi connectivity index (χ3n) is 10.4. The molecule has 1 unspecified atom stereocenters. The van der Waals surface area contributed by atoms with Gasteiger partial charge < -0.3 is 14.2 Å². The molecule has 0 heterocycles. The van der Waals surface area contributed by atoms with Crippen LogP contribution in [0.2, 0.25) is 0 Å². The highest BCUT2D eigenvalue weighted by molar-refractivity contribution is 5.71. The Labute approximate surface area is 341 Å². The first-order valence-corrected chi connectivity index (χ1v) is 23.8. The van der Waals surface area contributed by atoms with Crippen molar-refractivity contribution in [1.29, 1.82) is 0 Å². The number of hydrogen-bond donors (Lipinski definition) is 0. The first-order chi connectivity index (χ1) is 27.0. The highest BCUT2D eigenvalue weighted by Gasteiger charge is 2.19. The number of esters is 3. The summed E-state index contributed by atoms with van der Waals surface area (Å²) in [5.74, 6) is -0.892. The zero-order valence-corrected chi connectivity index (χ0v) is 36.7. The van der Waals surface area contributed by atoms with E-state index in [0.29, 0.717) is 19.3 Å². The number of hydrogen-bond acceptors (Lipinski definition) is 6. The Morgan fingerprint density at radius 2 is 0.618 bits per heavy atom. The zero-order valence-electron chi connectivity index (χ0n) is 36.7. The van der Waals surface area contributed by atoms with Gasteiger partial charge in [-0.15, -0.1) is 0 Å². The van der Waals surface area contributed by atoms with Crippen molar-refractivity contribution < 1.29 is 28.6 Å². The molecule has 0 aromatic rings. The Kier molecular flexibility index (Phi) is 42.9. The van der Waals surface area contributed by atoms with Crippen LogP contribution in [0.15, 0.2) is 24.3 Å². The number of rotatable bonds is 43. The lowest BCUT2D eigenvalue weighted by molar-refractivity contribution is -0.167. The van der Waals surface area contributed by atoms with E-state index in [1.807, 2.05) is 0 Å². The molecule has 0 radical (unpaired) electrons. The zero-order chi connectivity index (χ0) is 40.1. The van der Waals surface area contributed by atoms with Crippen LogP contribution >= 0.6 is 0 Å². The van der Waals surface area contributed by atoms with Crippen LogP contribution in [-0.4, -0.2) is 37.2 Å². The molecule has 0 aliphatic carbocycles. The van der Waals surface area contributed by atoms with E-state index in [1.165, 1.54) is 128 Å². The van der Waals surface area contributed by atoms with Gasteiger partial charge in [-0.05, 0) is 64.2 Å². The lowest BCUT2D eigenvalue weighted by Gasteiger charge is -2.18. The van der Waals surface area contributed by atoms with Crippen LogP contribution in [0.1, 0.15) is 252 Å². The largest absolute Gasteiger partial charge is 0.462 e. The SMILES string of the molecule is CCCC/C=C\CCCCCCC(=O)OCC(COC(=O)CCCCCCC/C=C\CCCCCCCCC)OC(=O)CCCCCCCCCCCCC. The van der Waals surface area contributed by atoms with Crippen LogP contribution in [0.3, 0.4) is 0 Å². The fraction of sp³-hybridized carbons (Fsp3) is 0.857. The quantitative estimate of drug-likeness (QED) is 0.0266. The van der Waals surface area contributed by atoms with Gasteiger partial charge >= 0.3 is 17.9 Å². The van der Waals surface area contributed by atoms with Gasteiger partial charge in [0, 0.05) is 19.3 Å². The maximum atomic E-state index is 12.7. The minimum absolute atomic E-state index is 0.0763. The summed E-state index contributed by atoms with van der Waals surface area (Å²) in [4.78, 5) is 37.7. The molecule has 55 heavy (non-hydrogen) atoms. The molecule has 0 N–H and O–H groups in total. The van der Waals surface area contributed by atoms with E-state index in [1.54, 1.807) is 0 Å². The predicted octanol–water partition coefficient (Wildman–Crippen LogP) is 15.2. The third-order valence-corrected chi connectivity index (χ3v) is 10.4. The predicted molar refractivity (Wildman–Crippen MR) is 233 cm³/mol. The summed E-state index contributed by atoms with van der Waals surface area (Å²) >= 11 is 0. The molecule has 322 valence electrons. The van der Waals surface area contributed by atoms with Crippen molar-refractivity contribution >= 4 is 17.9 Å². The van der Waals surface area contributed by atoms with Crippen LogP contribution in [0.5, 0.6) is 0 Å². The van der Waals surface area contributed by atoms with Gasteiger partial charge in [-0.3, -0.25) is 14.4 Å². The second-order valence-electron chi connectivity index (χ2n) is 16.0. The number of allylic oxidation sites excluding steroid dienone is 4. The molecular formula is C49H90O6. The standard InChI is InChI=1S/C49H90O6/c1-4-7-10-13-16-19-22-23-24-25-26-28-30-33-36-39-42-48(51)54-45-46(44-53-47(50)41-38-35-32-29-21-18-15-12-9-6-3)55-49(52)43-40-37-34-31-27-20-17-14-11-8-5-2/h15,18,24-25,46H,4-14,16-17,19-23,26-45H2,1-3H3/b18-15-,25-24-. The molecule has 0 rings (SSSR count). The third kappa shape index (κ3) is 42.9. The van der Waals surface area contributed by atoms with E-state index >= 15 is 0 Å². The van der Waals surface area contributed by atoms with Gasteiger partial charge in [-0.1, -0.05) is 193 Å². The second-order valence-corrected chi connectivity index (χ2v) is 16.0. The molecule has 0 aromatic heterocycles. The molecule has 0 aliphatic heterocycles. The molecule has 0 amide bonds. The molecule has 6 nitrogen and oxygen atoms in total. The highest BCUT2D eigenvalue weighted by atomic mass is 16.6. The van der Waals surface area contributed by atoms with Crippen molar-refractivity contribution in [2.75, 3.05) is 13.2 Å². The normalized spacial score (nSPS) is 12.1. The summed E-state index contributed by atoms with van der Waals surface area (Å²) in [7, 11) is 0. The summed E-state index contributed by atoms with van der Waals surface area (Å²) in [5, 5.41) is 0. The van der Waals surface area contributed by atoms with E-state index in [9.17, 15) is 14.4 Å². The maximum absolute atomic E-state index is 12.7. The van der Waals surface area contributed by atoms with Crippen molar-refractivity contribution in [2.45, 2.75) is 258 Å². The van der Waals surface area contributed by atoms with Crippen LogP contribution in [0.25, 0.3) is 0 Å². The van der Waals surface area contributed by atoms with Gasteiger partial charge in [0.25, 0.3) is 0 Å². The lowest BCUT2D eigenvalue weighted by Crippen LogP contribution is -2.30. The van der Waals surface area contributed by atoms with Crippen molar-refractivity contribution in [3.63, 3.8) is 0 Å². The minimum Gasteiger partial charge on any atom is -0.462 e. The van der Waals surface area contributed by atoms with E-state index < -0.39 is 6.10 Å². The van der Waals surface area contributed by atoms with Gasteiger partial charge in [0.1, 0.15) is 13.2 Å². The van der Waals surface area contributed by atoms with Crippen LogP contribution < -0.4 is 0 Å². The minimum atomic E-state index is -0.772. The Balaban J connectivity index is 4.33. The van der Waals surface area contributed by atoms with Gasteiger partial charge in [-0.25, -0.2) is 0 Å². The number of carbonyl (C=O) groups is 3. The van der Waals surface area contributed by atoms with Crippen molar-refractivity contribution in [2.24, 2.45) is 0 Å². The fourth-order valence-corrected chi connectivity index (χ4v) is 6.77. The van der Waals surface area contributed by atoms with Gasteiger partial charge in [0.05, 0.1) is 0 Å². The van der Waals surface area contributed by atoms with Crippen molar-refractivity contribution in [3.8, 4) is 0 Å². The molecular weight excluding hydrogens is 685 g/mol. The van der Waals surface area contributed by atoms with E-state index in [0.717, 1.165) is 83.5 Å². The Bertz CT molecular complexity index is 896. The van der Waals surface area contributed by atoms with E-state index in [4.69, 9.17) is 14.2 Å². The highest BCUT2D eigenvalue weighted by Crippen LogP contribution is 2.14. The Hall–Kier alpha value is -2.11. The Morgan fingerprint density at radius 1 is 0.345 bits per heavy atom. The summed E-state index contributed by atoms with van der Waals surface area (Å²) in [6, 6.07) is 0. The summed E-state index contributed by atoms with van der Waals surface area (Å²) < 4.78 is 16.7. The van der Waals surface area contributed by atoms with Crippen LogP contribution in [0, 0.1) is 0 Å². The molecule has 0 bridgehead atoms. The monoisotopic (exact) mass is 775 g/mol. The van der Waals surface area contributed by atoms with Gasteiger partial charge in [-0.2, -0.15) is 0 Å². The molecule has 0 aliphatic rings. The number of carbonyl (C=O) groups excluding carboxylic acids is 3.